The molecule has 1 amide bonds. The number of nitrogens with zero attached hydrogens (tertiary/aromatic N) is 2. The predicted molar refractivity (Wildman–Crippen MR) is 105 cm³/mol. The number of piperazine rings is 1. The van der Waals surface area contributed by atoms with E-state index in [1.807, 2.05) is 22.4 Å². The maximum atomic E-state index is 12.9. The lowest BCUT2D eigenvalue weighted by Crippen LogP contribution is -2.51. The Morgan fingerprint density at radius 1 is 1.23 bits per heavy atom. The number of para-hydroxylation sites is 1. The van der Waals surface area contributed by atoms with Crippen LogP contribution in [0.4, 0.5) is 0 Å². The molecular formula is C21H26N2O2S. The molecule has 0 N–H and O–H groups in total. The van der Waals surface area contributed by atoms with Crippen LogP contribution in [-0.4, -0.2) is 47.9 Å². The molecule has 1 aromatic heterocycles. The van der Waals surface area contributed by atoms with Gasteiger partial charge in [0.05, 0.1) is 4.88 Å². The molecule has 0 radical (unpaired) electrons. The van der Waals surface area contributed by atoms with Crippen LogP contribution in [0.3, 0.4) is 0 Å². The van der Waals surface area contributed by atoms with Crippen molar-refractivity contribution in [1.82, 2.24) is 9.80 Å². The third-order valence-electron chi connectivity index (χ3n) is 5.53. The van der Waals surface area contributed by atoms with E-state index in [-0.39, 0.29) is 5.91 Å². The molecule has 0 saturated carbocycles. The van der Waals surface area contributed by atoms with Crippen LogP contribution in [-0.2, 0) is 6.61 Å². The number of amides is 1. The number of thiophene rings is 1. The lowest BCUT2D eigenvalue weighted by molar-refractivity contribution is 0.0576. The number of carbonyl (C=O) groups excluding carboxylic acids is 1. The summed E-state index contributed by atoms with van der Waals surface area (Å²) in [6.07, 6.45) is 2.49. The maximum absolute atomic E-state index is 12.9. The third-order valence-corrected chi connectivity index (χ3v) is 6.50. The SMILES string of the molecule is Cc1cccc(C)c1OCc1csc(C(=O)N2CCN3CCCC3C2)c1. The van der Waals surface area contributed by atoms with Gasteiger partial charge in [-0.2, -0.15) is 0 Å². The molecular weight excluding hydrogens is 344 g/mol. The van der Waals surface area contributed by atoms with Crippen LogP contribution >= 0.6 is 11.3 Å². The van der Waals surface area contributed by atoms with E-state index < -0.39 is 0 Å². The molecule has 0 aliphatic carbocycles. The number of benzene rings is 1. The van der Waals surface area contributed by atoms with Gasteiger partial charge in [0, 0.05) is 31.2 Å². The average molecular weight is 371 g/mol. The minimum Gasteiger partial charge on any atom is -0.488 e. The van der Waals surface area contributed by atoms with Gasteiger partial charge in [0.15, 0.2) is 0 Å². The zero-order valence-electron chi connectivity index (χ0n) is 15.5. The third kappa shape index (κ3) is 3.51. The van der Waals surface area contributed by atoms with Gasteiger partial charge in [-0.1, -0.05) is 18.2 Å². The van der Waals surface area contributed by atoms with Crippen molar-refractivity contribution < 1.29 is 9.53 Å². The fourth-order valence-corrected chi connectivity index (χ4v) is 4.94. The number of carbonyl (C=O) groups is 1. The summed E-state index contributed by atoms with van der Waals surface area (Å²) in [5, 5.41) is 2.05. The fraction of sp³-hybridized carbons (Fsp3) is 0.476. The Labute approximate surface area is 159 Å². The van der Waals surface area contributed by atoms with Gasteiger partial charge in [0.2, 0.25) is 0 Å². The van der Waals surface area contributed by atoms with E-state index in [0.717, 1.165) is 47.0 Å². The molecule has 2 aromatic rings. The van der Waals surface area contributed by atoms with Crippen molar-refractivity contribution in [3.05, 3.63) is 51.2 Å². The van der Waals surface area contributed by atoms with E-state index in [1.165, 1.54) is 30.7 Å². The zero-order chi connectivity index (χ0) is 18.1. The van der Waals surface area contributed by atoms with E-state index >= 15 is 0 Å². The Bertz CT molecular complexity index is 781. The van der Waals surface area contributed by atoms with Crippen molar-refractivity contribution in [1.29, 1.82) is 0 Å². The second-order valence-electron chi connectivity index (χ2n) is 7.41. The molecule has 5 heteroatoms. The quantitative estimate of drug-likeness (QED) is 0.819. The lowest BCUT2D eigenvalue weighted by Gasteiger charge is -2.37. The lowest BCUT2D eigenvalue weighted by atomic mass is 10.1. The highest BCUT2D eigenvalue weighted by Gasteiger charge is 2.33. The Hall–Kier alpha value is -1.85. The highest BCUT2D eigenvalue weighted by atomic mass is 32.1. The predicted octanol–water partition coefficient (Wildman–Crippen LogP) is 3.86. The van der Waals surface area contributed by atoms with Crippen molar-refractivity contribution >= 4 is 17.2 Å². The highest BCUT2D eigenvalue weighted by Crippen LogP contribution is 2.26. The summed E-state index contributed by atoms with van der Waals surface area (Å²) < 4.78 is 6.02. The van der Waals surface area contributed by atoms with Crippen LogP contribution in [0.2, 0.25) is 0 Å². The standard InChI is InChI=1S/C21H26N2O2S/c1-15-5-3-6-16(2)20(15)25-13-17-11-19(26-14-17)21(24)23-10-9-22-8-4-7-18(22)12-23/h3,5-6,11,14,18H,4,7-10,12-13H2,1-2H3. The molecule has 26 heavy (non-hydrogen) atoms. The average Bonchev–Trinajstić information content (AvgIpc) is 3.29. The Morgan fingerprint density at radius 3 is 2.85 bits per heavy atom. The van der Waals surface area contributed by atoms with E-state index in [2.05, 4.69) is 30.9 Å². The molecule has 138 valence electrons. The molecule has 2 aliphatic rings. The van der Waals surface area contributed by atoms with Gasteiger partial charge in [-0.25, -0.2) is 0 Å². The molecule has 4 rings (SSSR count). The van der Waals surface area contributed by atoms with Crippen LogP contribution in [0.1, 0.15) is 39.2 Å². The van der Waals surface area contributed by atoms with Crippen LogP contribution in [0.15, 0.2) is 29.6 Å². The maximum Gasteiger partial charge on any atom is 0.264 e. The summed E-state index contributed by atoms with van der Waals surface area (Å²) in [5.41, 5.74) is 3.36. The summed E-state index contributed by atoms with van der Waals surface area (Å²) in [7, 11) is 0. The minimum atomic E-state index is 0.180. The molecule has 1 atom stereocenters. The van der Waals surface area contributed by atoms with Crippen LogP contribution in [0.25, 0.3) is 0 Å². The van der Waals surface area contributed by atoms with Crippen molar-refractivity contribution in [3.8, 4) is 5.75 Å². The number of aryl methyl sites for hydroxylation is 2. The molecule has 0 spiro atoms. The van der Waals surface area contributed by atoms with Crippen LogP contribution < -0.4 is 4.74 Å². The summed E-state index contributed by atoms with van der Waals surface area (Å²) >= 11 is 1.54. The summed E-state index contributed by atoms with van der Waals surface area (Å²) in [6, 6.07) is 8.74. The zero-order valence-corrected chi connectivity index (χ0v) is 16.3. The van der Waals surface area contributed by atoms with Gasteiger partial charge in [-0.05, 0) is 55.8 Å². The topological polar surface area (TPSA) is 32.8 Å². The molecule has 4 nitrogen and oxygen atoms in total. The number of rotatable bonds is 4. The molecule has 1 aromatic carbocycles. The number of hydrogen-bond acceptors (Lipinski definition) is 4. The normalized spacial score (nSPS) is 20.2. The summed E-state index contributed by atoms with van der Waals surface area (Å²) in [5.74, 6) is 1.13. The second kappa shape index (κ2) is 7.41. The molecule has 0 bridgehead atoms. The van der Waals surface area contributed by atoms with Gasteiger partial charge < -0.3 is 9.64 Å². The first-order chi connectivity index (χ1) is 12.6. The number of ether oxygens (including phenoxy) is 1. The summed E-state index contributed by atoms with van der Waals surface area (Å²) in [6.45, 7) is 8.58. The first kappa shape index (κ1) is 17.6. The highest BCUT2D eigenvalue weighted by molar-refractivity contribution is 7.12. The fourth-order valence-electron chi connectivity index (χ4n) is 4.08. The molecule has 2 fully saturated rings. The van der Waals surface area contributed by atoms with E-state index in [4.69, 9.17) is 4.74 Å². The Kier molecular flexibility index (Phi) is 5.00. The monoisotopic (exact) mass is 370 g/mol. The number of fused-ring (bicyclic) bond motifs is 1. The van der Waals surface area contributed by atoms with Gasteiger partial charge in [0.25, 0.3) is 5.91 Å². The van der Waals surface area contributed by atoms with Crippen LogP contribution in [0.5, 0.6) is 5.75 Å². The Morgan fingerprint density at radius 2 is 2.04 bits per heavy atom. The smallest absolute Gasteiger partial charge is 0.264 e. The largest absolute Gasteiger partial charge is 0.488 e. The molecule has 1 unspecified atom stereocenters. The Balaban J connectivity index is 1.39. The van der Waals surface area contributed by atoms with Crippen molar-refractivity contribution in [3.63, 3.8) is 0 Å². The van der Waals surface area contributed by atoms with E-state index in [9.17, 15) is 4.79 Å². The van der Waals surface area contributed by atoms with Crippen LogP contribution in [0, 0.1) is 13.8 Å². The van der Waals surface area contributed by atoms with Gasteiger partial charge >= 0.3 is 0 Å². The minimum absolute atomic E-state index is 0.180. The molecule has 2 saturated heterocycles. The van der Waals surface area contributed by atoms with Gasteiger partial charge in [-0.15, -0.1) is 11.3 Å². The summed E-state index contributed by atoms with van der Waals surface area (Å²) in [4.78, 5) is 18.3. The molecule has 2 aliphatic heterocycles. The van der Waals surface area contributed by atoms with E-state index in [1.54, 1.807) is 0 Å². The first-order valence-electron chi connectivity index (χ1n) is 9.41. The first-order valence-corrected chi connectivity index (χ1v) is 10.3. The van der Waals surface area contributed by atoms with Gasteiger partial charge in [0.1, 0.15) is 12.4 Å². The van der Waals surface area contributed by atoms with E-state index in [0.29, 0.717) is 12.6 Å². The van der Waals surface area contributed by atoms with Crippen molar-refractivity contribution in [2.24, 2.45) is 0 Å². The molecule has 3 heterocycles. The number of hydrogen-bond donors (Lipinski definition) is 0. The van der Waals surface area contributed by atoms with Crippen molar-refractivity contribution in [2.45, 2.75) is 39.3 Å². The van der Waals surface area contributed by atoms with Gasteiger partial charge in [-0.3, -0.25) is 9.69 Å². The second-order valence-corrected chi connectivity index (χ2v) is 8.32. The van der Waals surface area contributed by atoms with Crippen molar-refractivity contribution in [2.75, 3.05) is 26.2 Å².